The minimum Gasteiger partial charge on any atom is -0.0622 e. The van der Waals surface area contributed by atoms with E-state index < -0.39 is 0 Å². The molecule has 0 saturated heterocycles. The van der Waals surface area contributed by atoms with Crippen LogP contribution < -0.4 is 0 Å². The molecule has 0 N–H and O–H groups in total. The molecule has 0 atom stereocenters. The zero-order valence-corrected chi connectivity index (χ0v) is 75.6. The second kappa shape index (κ2) is 35.5. The van der Waals surface area contributed by atoms with Crippen molar-refractivity contribution in [3.05, 3.63) is 546 Å². The fourth-order valence-corrected chi connectivity index (χ4v) is 21.7. The van der Waals surface area contributed by atoms with Crippen LogP contribution in [0.2, 0.25) is 0 Å². The Morgan fingerprint density at radius 2 is 0.355 bits per heavy atom. The second-order valence-electron chi connectivity index (χ2n) is 35.8. The topological polar surface area (TPSA) is 0 Å². The molecule has 0 aromatic heterocycles. The van der Waals surface area contributed by atoms with Gasteiger partial charge in [0, 0.05) is 0 Å². The van der Waals surface area contributed by atoms with E-state index in [9.17, 15) is 0 Å². The van der Waals surface area contributed by atoms with Gasteiger partial charge < -0.3 is 0 Å². The van der Waals surface area contributed by atoms with E-state index in [-0.39, 0.29) is 35.8 Å². The number of rotatable bonds is 12. The Labute approximate surface area is 809 Å². The maximum Gasteiger partial charge on any atom is 0.0629 e. The summed E-state index contributed by atoms with van der Waals surface area (Å²) in [7, 11) is 0. The highest BCUT2D eigenvalue weighted by Gasteiger charge is 2.25. The van der Waals surface area contributed by atoms with Gasteiger partial charge in [0.1, 0.15) is 0 Å². The molecule has 0 saturated carbocycles. The van der Waals surface area contributed by atoms with Crippen LogP contribution in [0.25, 0.3) is 263 Å². The van der Waals surface area contributed by atoms with Crippen LogP contribution in [0.1, 0.15) is 6.85 Å². The second-order valence-corrected chi connectivity index (χ2v) is 35.8. The molecule has 27 aromatic rings. The van der Waals surface area contributed by atoms with Gasteiger partial charge in [-0.15, -0.1) is 0 Å². The van der Waals surface area contributed by atoms with Crippen molar-refractivity contribution in [3.63, 3.8) is 0 Å². The molecule has 27 rings (SSSR count). The van der Waals surface area contributed by atoms with E-state index in [0.717, 1.165) is 32.7 Å². The summed E-state index contributed by atoms with van der Waals surface area (Å²) in [6.45, 7) is 0. The number of benzene rings is 27. The van der Waals surface area contributed by atoms with E-state index in [1.54, 1.807) is 0 Å². The Kier molecular flexibility index (Phi) is 19.7. The fourth-order valence-electron chi connectivity index (χ4n) is 21.7. The molecule has 0 aliphatic heterocycles. The molecule has 0 heterocycles. The number of hydrogen-bond donors (Lipinski definition) is 0. The SMILES string of the molecule is [2H]c1c([2H])c([2H])c(-c2ccc(-c3c4ccccc4c(-c4cccc5ccc(-c6ccc7ccccc7c6)cc45)c4ccccc34)cc2)c([2H])c1[2H].c1ccc(-c2cc(-c3cccc4c(-c5c6ccccc6c(-c6ccccc6)c6ccccc56)cccc34)cc3ccccc23)cc1.c1ccc(-c2ccc3cc(-c4cccc5c(-c6c7ccccc7c(-c7ccccc7)c7ccccc67)cccc45)ccc3c2)cc1. The first-order valence-corrected chi connectivity index (χ1v) is 47.4. The van der Waals surface area contributed by atoms with Crippen LogP contribution in [-0.4, -0.2) is 0 Å². The smallest absolute Gasteiger partial charge is 0.0622 e. The first kappa shape index (κ1) is 76.6. The summed E-state index contributed by atoms with van der Waals surface area (Å²) in [5, 5.41) is 29.6. The molecule has 0 aliphatic carbocycles. The summed E-state index contributed by atoms with van der Waals surface area (Å²) < 4.78 is 41.3. The Bertz CT molecular complexity index is 9560. The van der Waals surface area contributed by atoms with Crippen molar-refractivity contribution in [2.75, 3.05) is 0 Å². The summed E-state index contributed by atoms with van der Waals surface area (Å²) in [6.07, 6.45) is 0. The molecule has 0 fully saturated rings. The molecule has 0 bridgehead atoms. The van der Waals surface area contributed by atoms with Crippen LogP contribution in [0.4, 0.5) is 0 Å². The molecule has 0 spiro atoms. The Morgan fingerprint density at radius 3 is 0.804 bits per heavy atom. The highest BCUT2D eigenvalue weighted by Crippen LogP contribution is 2.52. The van der Waals surface area contributed by atoms with E-state index >= 15 is 0 Å². The quantitative estimate of drug-likeness (QED) is 0.107. The van der Waals surface area contributed by atoms with E-state index in [0.29, 0.717) is 5.56 Å². The van der Waals surface area contributed by atoms with Crippen LogP contribution in [0, 0.1) is 0 Å². The first-order valence-electron chi connectivity index (χ1n) is 49.9. The van der Waals surface area contributed by atoms with E-state index in [2.05, 4.69) is 491 Å². The van der Waals surface area contributed by atoms with Crippen LogP contribution in [0.5, 0.6) is 0 Å². The average molecular weight is 1750 g/mol. The summed E-state index contributed by atoms with van der Waals surface area (Å²) in [5.41, 5.74) is 27.7. The maximum absolute atomic E-state index is 8.49. The van der Waals surface area contributed by atoms with Gasteiger partial charge >= 0.3 is 0 Å². The standard InChI is InChI=1S/3C46H30/c1-3-13-31(14-4-1)33-25-26-35-30-36(28-27-34(35)29-33)37-21-11-23-39-38(37)22-12-24-40(39)46-43-19-9-7-17-41(43)45(32-15-5-2-6-16-32)42-18-8-10-20-44(42)46;1-3-15-31(16-4-1)44-30-34(29-33-19-7-8-20-35(33)44)36-25-13-27-38-37(36)26-14-28-39(38)46-42-23-11-9-21-40(42)45(32-17-5-2-6-18-32)41-22-10-12-24-43(41)46;1-2-11-31(12-3-1)33-21-25-35(26-22-33)45-39-16-6-8-18-41(39)46(42-19-9-7-17-40(42)45)43-20-10-15-34-24-28-38(30-44(34)43)37-27-23-32-13-4-5-14-36(32)29-37/h3*1-30H/i;;1D,2D,3D,11D,12D. The normalized spacial score (nSPS) is 12.0. The zero-order chi connectivity index (χ0) is 95.7. The predicted molar refractivity (Wildman–Crippen MR) is 595 cm³/mol. The van der Waals surface area contributed by atoms with Crippen molar-refractivity contribution in [1.82, 2.24) is 0 Å². The monoisotopic (exact) mass is 1750 g/mol. The molecule has 0 radical (unpaired) electrons. The lowest BCUT2D eigenvalue weighted by Crippen LogP contribution is -1.92. The molecular formula is C138H90. The lowest BCUT2D eigenvalue weighted by atomic mass is 9.84. The largest absolute Gasteiger partial charge is 0.0629 e. The van der Waals surface area contributed by atoms with Gasteiger partial charge in [-0.3, -0.25) is 0 Å². The van der Waals surface area contributed by atoms with Gasteiger partial charge in [0.15, 0.2) is 0 Å². The molecular weight excluding hydrogens is 1660 g/mol. The third-order valence-electron chi connectivity index (χ3n) is 28.0. The van der Waals surface area contributed by atoms with Crippen LogP contribution >= 0.6 is 0 Å². The Hall–Kier alpha value is -17.9. The first-order chi connectivity index (χ1) is 70.6. The fraction of sp³-hybridized carbons (Fsp3) is 0. The Morgan fingerprint density at radius 1 is 0.101 bits per heavy atom. The summed E-state index contributed by atoms with van der Waals surface area (Å²) >= 11 is 0. The van der Waals surface area contributed by atoms with Crippen molar-refractivity contribution >= 4 is 129 Å². The number of fused-ring (bicyclic) bond motifs is 12. The molecule has 0 amide bonds. The number of hydrogen-bond acceptors (Lipinski definition) is 0. The molecule has 0 nitrogen and oxygen atoms in total. The molecule has 27 aromatic carbocycles. The van der Waals surface area contributed by atoms with Crippen molar-refractivity contribution in [1.29, 1.82) is 0 Å². The summed E-state index contributed by atoms with van der Waals surface area (Å²) in [5.74, 6) is 0. The Balaban J connectivity index is 0.000000113. The predicted octanol–water partition coefficient (Wildman–Crippen LogP) is 38.9. The highest BCUT2D eigenvalue weighted by atomic mass is 14.3. The molecule has 0 aliphatic rings. The molecule has 0 unspecified atom stereocenters. The van der Waals surface area contributed by atoms with Crippen molar-refractivity contribution in [2.45, 2.75) is 0 Å². The van der Waals surface area contributed by atoms with E-state index in [1.165, 1.54) is 219 Å². The minimum atomic E-state index is -0.389. The van der Waals surface area contributed by atoms with E-state index in [4.69, 9.17) is 6.85 Å². The summed E-state index contributed by atoms with van der Waals surface area (Å²) in [6, 6.07) is 185. The lowest BCUT2D eigenvalue weighted by Gasteiger charge is -2.19. The lowest BCUT2D eigenvalue weighted by molar-refractivity contribution is 1.61. The van der Waals surface area contributed by atoms with Crippen molar-refractivity contribution in [3.8, 4) is 134 Å². The van der Waals surface area contributed by atoms with E-state index in [1.807, 2.05) is 24.3 Å². The van der Waals surface area contributed by atoms with Crippen LogP contribution in [0.15, 0.2) is 546 Å². The minimum absolute atomic E-state index is 0.201. The van der Waals surface area contributed by atoms with Gasteiger partial charge in [0.2, 0.25) is 0 Å². The third-order valence-corrected chi connectivity index (χ3v) is 28.0. The van der Waals surface area contributed by atoms with Crippen LogP contribution in [0.3, 0.4) is 0 Å². The summed E-state index contributed by atoms with van der Waals surface area (Å²) in [4.78, 5) is 0. The zero-order valence-electron chi connectivity index (χ0n) is 80.6. The van der Waals surface area contributed by atoms with Crippen molar-refractivity contribution < 1.29 is 6.85 Å². The molecule has 138 heavy (non-hydrogen) atoms. The van der Waals surface area contributed by atoms with Crippen LogP contribution in [-0.2, 0) is 0 Å². The third kappa shape index (κ3) is 14.9. The van der Waals surface area contributed by atoms with Gasteiger partial charge in [0.05, 0.1) is 6.85 Å². The average Bonchev–Trinajstić information content (AvgIpc) is 0.730. The molecule has 642 valence electrons. The van der Waals surface area contributed by atoms with Gasteiger partial charge in [-0.1, -0.05) is 509 Å². The van der Waals surface area contributed by atoms with Gasteiger partial charge in [-0.05, 0) is 299 Å². The highest BCUT2D eigenvalue weighted by molar-refractivity contribution is 6.28. The van der Waals surface area contributed by atoms with Gasteiger partial charge in [-0.2, -0.15) is 0 Å². The molecule has 0 heteroatoms. The van der Waals surface area contributed by atoms with Gasteiger partial charge in [0.25, 0.3) is 0 Å². The van der Waals surface area contributed by atoms with Crippen molar-refractivity contribution in [2.24, 2.45) is 0 Å². The van der Waals surface area contributed by atoms with Gasteiger partial charge in [-0.25, -0.2) is 0 Å². The maximum atomic E-state index is 8.49.